The van der Waals surface area contributed by atoms with Gasteiger partial charge in [0.1, 0.15) is 0 Å². The number of hydrogen-bond acceptors (Lipinski definition) is 0. The average molecular weight is 227 g/mol. The molecule has 0 radical (unpaired) electrons. The van der Waals surface area contributed by atoms with Crippen LogP contribution in [0.3, 0.4) is 0 Å². The largest absolute Gasteiger partial charge is 0.109 e. The summed E-state index contributed by atoms with van der Waals surface area (Å²) in [6.45, 7) is 0. The van der Waals surface area contributed by atoms with Gasteiger partial charge in [-0.1, -0.05) is 22.6 Å². The van der Waals surface area contributed by atoms with Gasteiger partial charge < -0.3 is 0 Å². The predicted molar refractivity (Wildman–Crippen MR) is 36.5 cm³/mol. The molecular formula is C2H5Cl2I. The molecule has 0 saturated carbocycles. The quantitative estimate of drug-likeness (QED) is 0.440. The van der Waals surface area contributed by atoms with Crippen LogP contribution >= 0.6 is 45.8 Å². The maximum Gasteiger partial charge on any atom is 0.0967 e. The molecular weight excluding hydrogens is 222 g/mol. The van der Waals surface area contributed by atoms with Crippen LogP contribution < -0.4 is 0 Å². The number of alkyl halides is 3. The zero-order valence-electron chi connectivity index (χ0n) is 2.84. The molecule has 0 fully saturated rings. The molecule has 0 N–H and O–H groups in total. The normalized spacial score (nSPS) is 4.80. The Morgan fingerprint density at radius 3 is 1.40 bits per heavy atom. The lowest BCUT2D eigenvalue weighted by molar-refractivity contribution is 2.20. The Hall–Kier alpha value is 1.31. The Labute approximate surface area is 56.0 Å². The molecule has 0 amide bonds. The Morgan fingerprint density at radius 2 is 1.40 bits per heavy atom. The van der Waals surface area contributed by atoms with Gasteiger partial charge in [-0.25, -0.2) is 0 Å². The van der Waals surface area contributed by atoms with E-state index in [0.29, 0.717) is 0 Å². The fraction of sp³-hybridized carbons (Fsp3) is 1.00. The van der Waals surface area contributed by atoms with Gasteiger partial charge in [-0.15, -0.1) is 23.2 Å². The van der Waals surface area contributed by atoms with Crippen molar-refractivity contribution < 1.29 is 0 Å². The Morgan fingerprint density at radius 1 is 1.40 bits per heavy atom. The van der Waals surface area contributed by atoms with Crippen molar-refractivity contribution in [2.75, 3.05) is 10.3 Å². The number of rotatable bonds is 0. The van der Waals surface area contributed by atoms with Gasteiger partial charge in [-0.3, -0.25) is 0 Å². The first-order valence-corrected chi connectivity index (χ1v) is 4.14. The van der Waals surface area contributed by atoms with Crippen molar-refractivity contribution in [3.05, 3.63) is 0 Å². The maximum atomic E-state index is 4.76. The van der Waals surface area contributed by atoms with E-state index >= 15 is 0 Å². The van der Waals surface area contributed by atoms with E-state index in [2.05, 4.69) is 22.6 Å². The zero-order valence-corrected chi connectivity index (χ0v) is 6.51. The summed E-state index contributed by atoms with van der Waals surface area (Å²) in [6, 6.07) is 0. The highest BCUT2D eigenvalue weighted by atomic mass is 127. The second kappa shape index (κ2) is 18.5. The molecule has 0 saturated heterocycles. The Bertz CT molecular complexity index is 7.61. The highest BCUT2D eigenvalue weighted by molar-refractivity contribution is 14.1. The molecule has 0 heterocycles. The van der Waals surface area contributed by atoms with Gasteiger partial charge in [0.05, 0.1) is 5.34 Å². The summed E-state index contributed by atoms with van der Waals surface area (Å²) in [6.07, 6.45) is 0. The fourth-order valence-electron chi connectivity index (χ4n) is 0. The predicted octanol–water partition coefficient (Wildman–Crippen LogP) is 2.47. The van der Waals surface area contributed by atoms with Crippen molar-refractivity contribution in [2.45, 2.75) is 0 Å². The molecule has 3 heteroatoms. The number of halogens is 3. The lowest BCUT2D eigenvalue weighted by atomic mass is 11.9. The van der Waals surface area contributed by atoms with Crippen molar-refractivity contribution >= 4 is 45.8 Å². The van der Waals surface area contributed by atoms with E-state index < -0.39 is 0 Å². The van der Waals surface area contributed by atoms with Crippen LogP contribution in [0.1, 0.15) is 0 Å². The monoisotopic (exact) mass is 226 g/mol. The molecule has 34 valence electrons. The SMILES string of the molecule is CI.ClCCl. The third kappa shape index (κ3) is 33.9. The van der Waals surface area contributed by atoms with Crippen LogP contribution in [0.25, 0.3) is 0 Å². The summed E-state index contributed by atoms with van der Waals surface area (Å²) in [4.78, 5) is 1.97. The van der Waals surface area contributed by atoms with E-state index in [-0.39, 0.29) is 5.34 Å². The molecule has 0 unspecified atom stereocenters. The van der Waals surface area contributed by atoms with Gasteiger partial charge in [-0.05, 0) is 4.93 Å². The smallest absolute Gasteiger partial charge is 0.0967 e. The van der Waals surface area contributed by atoms with E-state index in [1.54, 1.807) is 0 Å². The fourth-order valence-corrected chi connectivity index (χ4v) is 0. The summed E-state index contributed by atoms with van der Waals surface area (Å²) < 4.78 is 0. The maximum absolute atomic E-state index is 4.76. The first-order valence-electron chi connectivity index (χ1n) is 0.912. The molecule has 0 aliphatic heterocycles. The summed E-state index contributed by atoms with van der Waals surface area (Å²) in [5.41, 5.74) is 0. The van der Waals surface area contributed by atoms with Gasteiger partial charge in [0.15, 0.2) is 0 Å². The third-order valence-electron chi connectivity index (χ3n) is 0. The molecule has 0 aromatic rings. The van der Waals surface area contributed by atoms with E-state index in [1.165, 1.54) is 0 Å². The molecule has 0 aromatic heterocycles. The molecule has 0 atom stereocenters. The average Bonchev–Trinajstić information content (AvgIpc) is 1.46. The zero-order chi connectivity index (χ0) is 4.71. The molecule has 0 rings (SSSR count). The van der Waals surface area contributed by atoms with Crippen molar-refractivity contribution in [3.63, 3.8) is 0 Å². The summed E-state index contributed by atoms with van der Waals surface area (Å²) in [5.74, 6) is 0. The minimum atomic E-state index is 0.194. The number of hydrogen-bond donors (Lipinski definition) is 0. The second-order valence-electron chi connectivity index (χ2n) is 0.101. The topological polar surface area (TPSA) is 0 Å². The van der Waals surface area contributed by atoms with E-state index in [4.69, 9.17) is 23.2 Å². The van der Waals surface area contributed by atoms with Gasteiger partial charge in [0.25, 0.3) is 0 Å². The molecule has 0 nitrogen and oxygen atoms in total. The lowest BCUT2D eigenvalue weighted by Gasteiger charge is -1.42. The molecule has 0 aliphatic carbocycles. The summed E-state index contributed by atoms with van der Waals surface area (Å²) in [7, 11) is 0. The molecule has 0 bridgehead atoms. The van der Waals surface area contributed by atoms with Gasteiger partial charge in [0.2, 0.25) is 0 Å². The highest BCUT2D eigenvalue weighted by Crippen LogP contribution is 1.73. The van der Waals surface area contributed by atoms with Crippen LogP contribution in [0, 0.1) is 0 Å². The van der Waals surface area contributed by atoms with Crippen LogP contribution in [0.15, 0.2) is 0 Å². The van der Waals surface area contributed by atoms with E-state index in [9.17, 15) is 0 Å². The molecule has 0 aliphatic rings. The van der Waals surface area contributed by atoms with Crippen LogP contribution in [0.5, 0.6) is 0 Å². The van der Waals surface area contributed by atoms with E-state index in [1.807, 2.05) is 4.93 Å². The van der Waals surface area contributed by atoms with Gasteiger partial charge in [0, 0.05) is 0 Å². The minimum absolute atomic E-state index is 0.194. The summed E-state index contributed by atoms with van der Waals surface area (Å²) in [5, 5.41) is 0.194. The Balaban J connectivity index is 0. The van der Waals surface area contributed by atoms with Gasteiger partial charge >= 0.3 is 0 Å². The van der Waals surface area contributed by atoms with Crippen molar-refractivity contribution in [1.82, 2.24) is 0 Å². The van der Waals surface area contributed by atoms with Crippen LogP contribution in [-0.2, 0) is 0 Å². The molecule has 0 aromatic carbocycles. The van der Waals surface area contributed by atoms with Crippen molar-refractivity contribution in [2.24, 2.45) is 0 Å². The van der Waals surface area contributed by atoms with Crippen LogP contribution in [0.2, 0.25) is 0 Å². The van der Waals surface area contributed by atoms with Crippen molar-refractivity contribution in [3.8, 4) is 0 Å². The minimum Gasteiger partial charge on any atom is -0.109 e. The lowest BCUT2D eigenvalue weighted by Crippen LogP contribution is -1.24. The summed E-state index contributed by atoms with van der Waals surface area (Å²) >= 11 is 11.7. The third-order valence-corrected chi connectivity index (χ3v) is 0. The molecule has 5 heavy (non-hydrogen) atoms. The van der Waals surface area contributed by atoms with Crippen LogP contribution in [-0.4, -0.2) is 10.3 Å². The van der Waals surface area contributed by atoms with Crippen LogP contribution in [0.4, 0.5) is 0 Å². The molecule has 0 spiro atoms. The Kier molecular flexibility index (Phi) is 35.4. The van der Waals surface area contributed by atoms with Crippen molar-refractivity contribution in [1.29, 1.82) is 0 Å². The standard InChI is InChI=1S/CH2Cl2.CH3I/c2-1-3;1-2/h1H2;1H3. The first-order chi connectivity index (χ1) is 2.41. The second-order valence-corrected chi connectivity index (χ2v) is 0.909. The highest BCUT2D eigenvalue weighted by Gasteiger charge is 1.41. The van der Waals surface area contributed by atoms with E-state index in [0.717, 1.165) is 0 Å². The first kappa shape index (κ1) is 9.58. The van der Waals surface area contributed by atoms with Gasteiger partial charge in [-0.2, -0.15) is 0 Å².